The van der Waals surface area contributed by atoms with E-state index in [0.29, 0.717) is 5.56 Å². The molecule has 0 atom stereocenters. The normalized spacial score (nSPS) is 11.9. The number of halogens is 1. The average Bonchev–Trinajstić information content (AvgIpc) is 2.14. The molecule has 0 aromatic heterocycles. The lowest BCUT2D eigenvalue weighted by Gasteiger charge is -2.26. The highest BCUT2D eigenvalue weighted by atomic mass is 79.9. The quantitative estimate of drug-likeness (QED) is 0.868. The van der Waals surface area contributed by atoms with Gasteiger partial charge in [-0.2, -0.15) is 0 Å². The number of hydrogen-bond acceptors (Lipinski definition) is 1. The molecule has 0 saturated heterocycles. The van der Waals surface area contributed by atoms with Crippen LogP contribution in [0.15, 0.2) is 16.6 Å². The standard InChI is InChI=1S/C14H19BrO2/c1-8(2)12-10(13(16)17)6-9(15)7-11(12)14(3,4)5/h6-8H,1-5H3,(H,16,17). The zero-order chi connectivity index (χ0) is 13.4. The van der Waals surface area contributed by atoms with Crippen molar-refractivity contribution >= 4 is 21.9 Å². The highest BCUT2D eigenvalue weighted by Gasteiger charge is 2.25. The first-order chi connectivity index (χ1) is 7.64. The number of benzene rings is 1. The van der Waals surface area contributed by atoms with Gasteiger partial charge in [0.2, 0.25) is 0 Å². The van der Waals surface area contributed by atoms with Crippen LogP contribution in [0, 0.1) is 0 Å². The summed E-state index contributed by atoms with van der Waals surface area (Å²) >= 11 is 3.39. The Morgan fingerprint density at radius 3 is 2.18 bits per heavy atom. The van der Waals surface area contributed by atoms with Gasteiger partial charge in [0.1, 0.15) is 0 Å². The summed E-state index contributed by atoms with van der Waals surface area (Å²) in [4.78, 5) is 11.3. The Balaban J connectivity index is 3.64. The molecule has 0 radical (unpaired) electrons. The third kappa shape index (κ3) is 3.09. The highest BCUT2D eigenvalue weighted by molar-refractivity contribution is 9.10. The van der Waals surface area contributed by atoms with Gasteiger partial charge < -0.3 is 5.11 Å². The zero-order valence-corrected chi connectivity index (χ0v) is 12.6. The van der Waals surface area contributed by atoms with Crippen molar-refractivity contribution in [1.29, 1.82) is 0 Å². The lowest BCUT2D eigenvalue weighted by atomic mass is 9.79. The predicted molar refractivity (Wildman–Crippen MR) is 73.9 cm³/mol. The molecule has 2 nitrogen and oxygen atoms in total. The molecule has 0 aliphatic heterocycles. The third-order valence-electron chi connectivity index (χ3n) is 2.76. The SMILES string of the molecule is CC(C)c1c(C(=O)O)cc(Br)cc1C(C)(C)C. The van der Waals surface area contributed by atoms with Crippen molar-refractivity contribution in [3.05, 3.63) is 33.3 Å². The molecular weight excluding hydrogens is 280 g/mol. The molecule has 0 fully saturated rings. The minimum absolute atomic E-state index is 0.0619. The molecule has 1 aromatic carbocycles. The molecule has 1 rings (SSSR count). The van der Waals surface area contributed by atoms with Crippen molar-refractivity contribution < 1.29 is 9.90 Å². The van der Waals surface area contributed by atoms with Gasteiger partial charge in [-0.25, -0.2) is 4.79 Å². The molecule has 0 bridgehead atoms. The van der Waals surface area contributed by atoms with Gasteiger partial charge in [-0.1, -0.05) is 50.5 Å². The van der Waals surface area contributed by atoms with Gasteiger partial charge >= 0.3 is 5.97 Å². The Bertz CT molecular complexity index is 442. The van der Waals surface area contributed by atoms with Crippen LogP contribution >= 0.6 is 15.9 Å². The predicted octanol–water partition coefficient (Wildman–Crippen LogP) is 4.57. The second kappa shape index (κ2) is 4.81. The van der Waals surface area contributed by atoms with E-state index in [-0.39, 0.29) is 11.3 Å². The number of hydrogen-bond donors (Lipinski definition) is 1. The van der Waals surface area contributed by atoms with Crippen molar-refractivity contribution in [2.45, 2.75) is 46.0 Å². The molecule has 1 aromatic rings. The van der Waals surface area contributed by atoms with Gasteiger partial charge in [-0.15, -0.1) is 0 Å². The molecule has 0 heterocycles. The van der Waals surface area contributed by atoms with E-state index in [1.807, 2.05) is 19.9 Å². The Labute approximate surface area is 111 Å². The topological polar surface area (TPSA) is 37.3 Å². The zero-order valence-electron chi connectivity index (χ0n) is 11.0. The summed E-state index contributed by atoms with van der Waals surface area (Å²) in [6, 6.07) is 3.72. The molecule has 0 amide bonds. The number of carboxylic acid groups (broad SMARTS) is 1. The summed E-state index contributed by atoms with van der Waals surface area (Å²) in [6.45, 7) is 10.4. The first-order valence-corrected chi connectivity index (χ1v) is 6.51. The molecule has 17 heavy (non-hydrogen) atoms. The molecule has 1 N–H and O–H groups in total. The van der Waals surface area contributed by atoms with Crippen LogP contribution in [0.5, 0.6) is 0 Å². The number of aromatic carboxylic acids is 1. The number of carbonyl (C=O) groups is 1. The van der Waals surface area contributed by atoms with Crippen molar-refractivity contribution in [2.75, 3.05) is 0 Å². The highest BCUT2D eigenvalue weighted by Crippen LogP contribution is 2.35. The monoisotopic (exact) mass is 298 g/mol. The third-order valence-corrected chi connectivity index (χ3v) is 3.22. The molecule has 0 aliphatic rings. The van der Waals surface area contributed by atoms with Crippen LogP contribution in [-0.4, -0.2) is 11.1 Å². The Morgan fingerprint density at radius 1 is 1.29 bits per heavy atom. The van der Waals surface area contributed by atoms with Crippen LogP contribution in [0.4, 0.5) is 0 Å². The van der Waals surface area contributed by atoms with Gasteiger partial charge in [0.05, 0.1) is 5.56 Å². The lowest BCUT2D eigenvalue weighted by Crippen LogP contribution is -2.18. The Kier molecular flexibility index (Phi) is 4.03. The fourth-order valence-corrected chi connectivity index (χ4v) is 2.50. The first-order valence-electron chi connectivity index (χ1n) is 5.71. The van der Waals surface area contributed by atoms with Crippen LogP contribution in [0.3, 0.4) is 0 Å². The van der Waals surface area contributed by atoms with Gasteiger partial charge in [0.25, 0.3) is 0 Å². The first kappa shape index (κ1) is 14.2. The van der Waals surface area contributed by atoms with Crippen LogP contribution in [0.2, 0.25) is 0 Å². The van der Waals surface area contributed by atoms with E-state index < -0.39 is 5.97 Å². The number of carboxylic acids is 1. The maximum absolute atomic E-state index is 11.3. The molecule has 0 aliphatic carbocycles. The van der Waals surface area contributed by atoms with E-state index in [0.717, 1.165) is 15.6 Å². The van der Waals surface area contributed by atoms with E-state index in [9.17, 15) is 9.90 Å². The summed E-state index contributed by atoms with van der Waals surface area (Å²) in [6.07, 6.45) is 0. The maximum Gasteiger partial charge on any atom is 0.336 e. The minimum Gasteiger partial charge on any atom is -0.478 e. The van der Waals surface area contributed by atoms with E-state index in [4.69, 9.17) is 0 Å². The van der Waals surface area contributed by atoms with Crippen LogP contribution in [0.1, 0.15) is 62.0 Å². The van der Waals surface area contributed by atoms with Crippen LogP contribution in [-0.2, 0) is 5.41 Å². The van der Waals surface area contributed by atoms with E-state index >= 15 is 0 Å². The molecule has 0 spiro atoms. The number of rotatable bonds is 2. The fourth-order valence-electron chi connectivity index (χ4n) is 2.04. The summed E-state index contributed by atoms with van der Waals surface area (Å²) in [7, 11) is 0. The van der Waals surface area contributed by atoms with Crippen LogP contribution < -0.4 is 0 Å². The molecule has 3 heteroatoms. The molecule has 94 valence electrons. The second-order valence-electron chi connectivity index (χ2n) is 5.62. The molecule has 0 saturated carbocycles. The Hall–Kier alpha value is -0.830. The fraction of sp³-hybridized carbons (Fsp3) is 0.500. The van der Waals surface area contributed by atoms with Crippen molar-refractivity contribution in [2.24, 2.45) is 0 Å². The summed E-state index contributed by atoms with van der Waals surface area (Å²) in [5, 5.41) is 9.31. The van der Waals surface area contributed by atoms with Gasteiger partial charge in [0.15, 0.2) is 0 Å². The summed E-state index contributed by atoms with van der Waals surface area (Å²) in [5.74, 6) is -0.663. The van der Waals surface area contributed by atoms with Crippen molar-refractivity contribution in [3.63, 3.8) is 0 Å². The van der Waals surface area contributed by atoms with Crippen LogP contribution in [0.25, 0.3) is 0 Å². The smallest absolute Gasteiger partial charge is 0.336 e. The summed E-state index contributed by atoms with van der Waals surface area (Å²) in [5.41, 5.74) is 2.37. The van der Waals surface area contributed by atoms with E-state index in [2.05, 4.69) is 36.7 Å². The average molecular weight is 299 g/mol. The maximum atomic E-state index is 11.3. The Morgan fingerprint density at radius 2 is 1.82 bits per heavy atom. The van der Waals surface area contributed by atoms with Crippen molar-refractivity contribution in [3.8, 4) is 0 Å². The van der Waals surface area contributed by atoms with Gasteiger partial charge in [0, 0.05) is 4.47 Å². The van der Waals surface area contributed by atoms with Gasteiger partial charge in [-0.05, 0) is 34.6 Å². The lowest BCUT2D eigenvalue weighted by molar-refractivity contribution is 0.0695. The van der Waals surface area contributed by atoms with Gasteiger partial charge in [-0.3, -0.25) is 0 Å². The summed E-state index contributed by atoms with van der Waals surface area (Å²) < 4.78 is 0.823. The van der Waals surface area contributed by atoms with E-state index in [1.165, 1.54) is 0 Å². The van der Waals surface area contributed by atoms with E-state index in [1.54, 1.807) is 6.07 Å². The largest absolute Gasteiger partial charge is 0.478 e. The van der Waals surface area contributed by atoms with Crippen molar-refractivity contribution in [1.82, 2.24) is 0 Å². The molecule has 0 unspecified atom stereocenters. The minimum atomic E-state index is -0.861. The molecular formula is C14H19BrO2. The second-order valence-corrected chi connectivity index (χ2v) is 6.54.